The Bertz CT molecular complexity index is 1010. The van der Waals surface area contributed by atoms with E-state index in [9.17, 15) is 19.2 Å². The highest BCUT2D eigenvalue weighted by molar-refractivity contribution is 7.15. The number of hydrogen-bond donors (Lipinski definition) is 1. The van der Waals surface area contributed by atoms with Crippen LogP contribution in [-0.2, 0) is 30.1 Å². The third-order valence-electron chi connectivity index (χ3n) is 4.42. The van der Waals surface area contributed by atoms with E-state index in [0.29, 0.717) is 5.13 Å². The van der Waals surface area contributed by atoms with Crippen molar-refractivity contribution in [1.29, 1.82) is 0 Å². The monoisotopic (exact) mass is 392 g/mol. The number of amides is 2. The van der Waals surface area contributed by atoms with Crippen molar-refractivity contribution in [2.45, 2.75) is 26.2 Å². The maximum absolute atomic E-state index is 12.6. The van der Waals surface area contributed by atoms with E-state index < -0.39 is 23.1 Å². The van der Waals surface area contributed by atoms with Crippen molar-refractivity contribution >= 4 is 34.1 Å². The van der Waals surface area contributed by atoms with Crippen LogP contribution in [0.1, 0.15) is 24.8 Å². The Hall–Kier alpha value is -2.82. The molecule has 1 atom stereocenters. The second-order valence-corrected chi connectivity index (χ2v) is 7.43. The zero-order chi connectivity index (χ0) is 19.7. The van der Waals surface area contributed by atoms with Crippen LogP contribution in [0.4, 0.5) is 10.9 Å². The van der Waals surface area contributed by atoms with Crippen molar-refractivity contribution in [2.75, 3.05) is 16.8 Å². The van der Waals surface area contributed by atoms with Crippen LogP contribution in [-0.4, -0.2) is 37.7 Å². The minimum absolute atomic E-state index is 0.0350. The highest BCUT2D eigenvalue weighted by Gasteiger charge is 2.37. The fraction of sp³-hybridized carbons (Fsp3) is 0.500. The number of hydrogen-bond acceptors (Lipinski definition) is 7. The summed E-state index contributed by atoms with van der Waals surface area (Å²) in [5.74, 6) is -1.13. The molecule has 0 spiro atoms. The van der Waals surface area contributed by atoms with E-state index in [1.807, 2.05) is 6.92 Å². The number of rotatable bonds is 5. The largest absolute Gasteiger partial charge is 0.332 e. The molecule has 1 unspecified atom stereocenters. The summed E-state index contributed by atoms with van der Waals surface area (Å²) in [5, 5.41) is 12.0. The summed E-state index contributed by atoms with van der Waals surface area (Å²) >= 11 is 1.35. The Balaban J connectivity index is 1.74. The number of anilines is 2. The van der Waals surface area contributed by atoms with Crippen molar-refractivity contribution in [2.24, 2.45) is 20.0 Å². The predicted octanol–water partition coefficient (Wildman–Crippen LogP) is -0.120. The van der Waals surface area contributed by atoms with Gasteiger partial charge in [0.15, 0.2) is 0 Å². The van der Waals surface area contributed by atoms with E-state index in [1.165, 1.54) is 41.0 Å². The van der Waals surface area contributed by atoms with Gasteiger partial charge in [0.25, 0.3) is 5.56 Å². The first kappa shape index (κ1) is 19.0. The topological polar surface area (TPSA) is 119 Å². The lowest BCUT2D eigenvalue weighted by atomic mass is 10.1. The fourth-order valence-corrected chi connectivity index (χ4v) is 3.78. The first-order valence-electron chi connectivity index (χ1n) is 8.52. The van der Waals surface area contributed by atoms with Gasteiger partial charge < -0.3 is 5.32 Å². The van der Waals surface area contributed by atoms with Crippen molar-refractivity contribution < 1.29 is 9.59 Å². The Morgan fingerprint density at radius 3 is 2.70 bits per heavy atom. The number of nitrogens with one attached hydrogen (secondary N) is 1. The minimum Gasteiger partial charge on any atom is -0.312 e. The maximum atomic E-state index is 12.6. The highest BCUT2D eigenvalue weighted by atomic mass is 32.1. The van der Waals surface area contributed by atoms with Gasteiger partial charge in [-0.2, -0.15) is 0 Å². The molecule has 27 heavy (non-hydrogen) atoms. The summed E-state index contributed by atoms with van der Waals surface area (Å²) in [6.07, 6.45) is 1.76. The molecule has 3 heterocycles. The molecule has 2 aromatic rings. The maximum Gasteiger partial charge on any atom is 0.332 e. The van der Waals surface area contributed by atoms with Crippen molar-refractivity contribution in [3.05, 3.63) is 31.9 Å². The van der Waals surface area contributed by atoms with Crippen molar-refractivity contribution in [1.82, 2.24) is 19.3 Å². The van der Waals surface area contributed by atoms with Crippen molar-refractivity contribution in [3.63, 3.8) is 0 Å². The van der Waals surface area contributed by atoms with Crippen LogP contribution in [0, 0.1) is 5.92 Å². The van der Waals surface area contributed by atoms with Crippen LogP contribution in [0.5, 0.6) is 0 Å². The SMILES string of the molecule is CCCc1nnc(N2CC(C(=O)Nc3cc(=O)n(C)c(=O)n3C)CC2=O)s1. The lowest BCUT2D eigenvalue weighted by molar-refractivity contribution is -0.122. The van der Waals surface area contributed by atoms with Gasteiger partial charge in [0.2, 0.25) is 16.9 Å². The molecule has 1 N–H and O–H groups in total. The smallest absolute Gasteiger partial charge is 0.312 e. The van der Waals surface area contributed by atoms with Gasteiger partial charge in [-0.15, -0.1) is 10.2 Å². The summed E-state index contributed by atoms with van der Waals surface area (Å²) in [4.78, 5) is 50.1. The van der Waals surface area contributed by atoms with Crippen LogP contribution in [0.2, 0.25) is 0 Å². The van der Waals surface area contributed by atoms with Gasteiger partial charge in [-0.3, -0.25) is 28.4 Å². The second kappa shape index (κ2) is 7.43. The summed E-state index contributed by atoms with van der Waals surface area (Å²) in [6, 6.07) is 1.18. The molecule has 3 rings (SSSR count). The normalized spacial score (nSPS) is 16.8. The summed E-state index contributed by atoms with van der Waals surface area (Å²) in [6.45, 7) is 2.22. The number of nitrogens with zero attached hydrogens (tertiary/aromatic N) is 5. The summed E-state index contributed by atoms with van der Waals surface area (Å²) < 4.78 is 2.12. The Morgan fingerprint density at radius 2 is 2.00 bits per heavy atom. The Morgan fingerprint density at radius 1 is 1.26 bits per heavy atom. The first-order valence-corrected chi connectivity index (χ1v) is 9.34. The van der Waals surface area contributed by atoms with Gasteiger partial charge in [-0.05, 0) is 6.42 Å². The molecule has 0 saturated carbocycles. The standard InChI is InChI=1S/C16H20N6O4S/c1-4-5-11-18-19-15(27-11)22-8-9(6-13(22)24)14(25)17-10-7-12(23)21(3)16(26)20(10)2/h7,9H,4-6,8H2,1-3H3,(H,17,25). The minimum atomic E-state index is -0.602. The molecule has 1 saturated heterocycles. The molecule has 10 nitrogen and oxygen atoms in total. The van der Waals surface area contributed by atoms with Gasteiger partial charge in [0.05, 0.1) is 5.92 Å². The van der Waals surface area contributed by atoms with E-state index in [2.05, 4.69) is 15.5 Å². The molecule has 1 fully saturated rings. The van der Waals surface area contributed by atoms with Crippen LogP contribution >= 0.6 is 11.3 Å². The molecule has 2 aromatic heterocycles. The summed E-state index contributed by atoms with van der Waals surface area (Å²) in [5.41, 5.74) is -1.06. The second-order valence-electron chi connectivity index (χ2n) is 6.39. The lowest BCUT2D eigenvalue weighted by Gasteiger charge is -2.14. The molecule has 0 bridgehead atoms. The average Bonchev–Trinajstić information content (AvgIpc) is 3.24. The number of aryl methyl sites for hydroxylation is 1. The number of aromatic nitrogens is 4. The van der Waals surface area contributed by atoms with Crippen LogP contribution in [0.3, 0.4) is 0 Å². The van der Waals surface area contributed by atoms with Crippen molar-refractivity contribution in [3.8, 4) is 0 Å². The first-order chi connectivity index (χ1) is 12.8. The number of carbonyl (C=O) groups excluding carboxylic acids is 2. The van der Waals surface area contributed by atoms with Crippen LogP contribution < -0.4 is 21.5 Å². The zero-order valence-electron chi connectivity index (χ0n) is 15.3. The van der Waals surface area contributed by atoms with E-state index >= 15 is 0 Å². The predicted molar refractivity (Wildman–Crippen MR) is 99.9 cm³/mol. The fourth-order valence-electron chi connectivity index (χ4n) is 2.82. The lowest BCUT2D eigenvalue weighted by Crippen LogP contribution is -2.38. The van der Waals surface area contributed by atoms with E-state index in [-0.39, 0.29) is 24.7 Å². The summed E-state index contributed by atoms with van der Waals surface area (Å²) in [7, 11) is 2.82. The Kier molecular flexibility index (Phi) is 5.22. The van der Waals surface area contributed by atoms with Crippen LogP contribution in [0.15, 0.2) is 15.7 Å². The van der Waals surface area contributed by atoms with E-state index in [4.69, 9.17) is 0 Å². The molecule has 0 radical (unpaired) electrons. The Labute approximate surface area is 158 Å². The van der Waals surface area contributed by atoms with E-state index in [0.717, 1.165) is 22.4 Å². The highest BCUT2D eigenvalue weighted by Crippen LogP contribution is 2.28. The molecule has 1 aliphatic rings. The molecule has 144 valence electrons. The molecule has 0 aromatic carbocycles. The van der Waals surface area contributed by atoms with Gasteiger partial charge >= 0.3 is 5.69 Å². The van der Waals surface area contributed by atoms with Gasteiger partial charge in [0, 0.05) is 39.5 Å². The molecular formula is C16H20N6O4S. The van der Waals surface area contributed by atoms with E-state index in [1.54, 1.807) is 0 Å². The molecule has 0 aliphatic carbocycles. The quantitative estimate of drug-likeness (QED) is 0.758. The van der Waals surface area contributed by atoms with Gasteiger partial charge in [0.1, 0.15) is 10.8 Å². The average molecular weight is 392 g/mol. The molecular weight excluding hydrogens is 372 g/mol. The third-order valence-corrected chi connectivity index (χ3v) is 5.43. The molecule has 2 amide bonds. The van der Waals surface area contributed by atoms with Gasteiger partial charge in [-0.1, -0.05) is 18.3 Å². The van der Waals surface area contributed by atoms with Gasteiger partial charge in [-0.25, -0.2) is 4.79 Å². The third kappa shape index (κ3) is 3.68. The molecule has 1 aliphatic heterocycles. The van der Waals surface area contributed by atoms with Crippen LogP contribution in [0.25, 0.3) is 0 Å². The zero-order valence-corrected chi connectivity index (χ0v) is 16.1. The number of carbonyl (C=O) groups is 2. The molecule has 11 heteroatoms.